The fraction of sp³-hybridized carbons (Fsp3) is 0.105. The van der Waals surface area contributed by atoms with Crippen LogP contribution in [0.25, 0.3) is 10.9 Å². The van der Waals surface area contributed by atoms with Crippen LogP contribution in [-0.2, 0) is 0 Å². The van der Waals surface area contributed by atoms with Gasteiger partial charge in [0, 0.05) is 29.3 Å². The van der Waals surface area contributed by atoms with Crippen molar-refractivity contribution in [1.82, 2.24) is 4.98 Å². The highest BCUT2D eigenvalue weighted by Gasteiger charge is 2.23. The standard InChI is InChI=1S/C19H14FN5O3/c1-28-18-7-14(20)16(25(26)27)8-17(18)24-10-22-19(23-11-24)13-6-12-4-2-3-5-15(12)21-9-13/h2-10H,11H2,1H3. The van der Waals surface area contributed by atoms with E-state index in [2.05, 4.69) is 15.0 Å². The van der Waals surface area contributed by atoms with E-state index in [-0.39, 0.29) is 12.4 Å². The Morgan fingerprint density at radius 2 is 2.07 bits per heavy atom. The molecular formula is C19H14FN5O3. The van der Waals surface area contributed by atoms with Crippen molar-refractivity contribution < 1.29 is 14.1 Å². The maximum absolute atomic E-state index is 13.8. The summed E-state index contributed by atoms with van der Waals surface area (Å²) in [4.78, 5) is 24.9. The van der Waals surface area contributed by atoms with Gasteiger partial charge in [0.05, 0.1) is 29.6 Å². The molecule has 9 heteroatoms. The Hall–Kier alpha value is -3.88. The van der Waals surface area contributed by atoms with Gasteiger partial charge in [-0.3, -0.25) is 15.1 Å². The topological polar surface area (TPSA) is 93.2 Å². The molecule has 0 atom stereocenters. The second-order valence-electron chi connectivity index (χ2n) is 5.99. The van der Waals surface area contributed by atoms with Crippen molar-refractivity contribution in [2.45, 2.75) is 0 Å². The van der Waals surface area contributed by atoms with Gasteiger partial charge in [0.15, 0.2) is 5.84 Å². The first kappa shape index (κ1) is 17.5. The van der Waals surface area contributed by atoms with Gasteiger partial charge in [0.25, 0.3) is 0 Å². The highest BCUT2D eigenvalue weighted by Crippen LogP contribution is 2.34. The summed E-state index contributed by atoms with van der Waals surface area (Å²) in [7, 11) is 1.36. The van der Waals surface area contributed by atoms with Gasteiger partial charge in [-0.05, 0) is 12.1 Å². The second-order valence-corrected chi connectivity index (χ2v) is 5.99. The van der Waals surface area contributed by atoms with Crippen LogP contribution in [0.15, 0.2) is 58.6 Å². The quantitative estimate of drug-likeness (QED) is 0.511. The first-order valence-electron chi connectivity index (χ1n) is 8.29. The number of benzene rings is 2. The number of hydrogen-bond acceptors (Lipinski definition) is 7. The molecule has 140 valence electrons. The van der Waals surface area contributed by atoms with Gasteiger partial charge >= 0.3 is 5.69 Å². The predicted octanol–water partition coefficient (Wildman–Crippen LogP) is 3.54. The van der Waals surface area contributed by atoms with Crippen LogP contribution in [0, 0.1) is 15.9 Å². The molecule has 0 amide bonds. The number of aliphatic imine (C=N–C) groups is 2. The van der Waals surface area contributed by atoms with E-state index in [0.29, 0.717) is 11.5 Å². The van der Waals surface area contributed by atoms with E-state index in [1.165, 1.54) is 13.4 Å². The van der Waals surface area contributed by atoms with Crippen LogP contribution in [0.3, 0.4) is 0 Å². The van der Waals surface area contributed by atoms with Crippen molar-refractivity contribution in [3.05, 3.63) is 70.2 Å². The van der Waals surface area contributed by atoms with Crippen LogP contribution >= 0.6 is 0 Å². The van der Waals surface area contributed by atoms with Gasteiger partial charge in [0.1, 0.15) is 12.4 Å². The number of amidine groups is 1. The van der Waals surface area contributed by atoms with Gasteiger partial charge < -0.3 is 9.64 Å². The summed E-state index contributed by atoms with van der Waals surface area (Å²) in [6, 6.07) is 11.7. The van der Waals surface area contributed by atoms with Crippen LogP contribution < -0.4 is 9.64 Å². The van der Waals surface area contributed by atoms with Crippen LogP contribution in [-0.4, -0.2) is 35.9 Å². The third-order valence-corrected chi connectivity index (χ3v) is 4.30. The summed E-state index contributed by atoms with van der Waals surface area (Å²) < 4.78 is 19.0. The van der Waals surface area contributed by atoms with Crippen molar-refractivity contribution in [3.8, 4) is 5.75 Å². The van der Waals surface area contributed by atoms with Crippen LogP contribution in [0.1, 0.15) is 5.56 Å². The molecule has 1 aliphatic rings. The van der Waals surface area contributed by atoms with Gasteiger partial charge in [0.2, 0.25) is 5.82 Å². The molecule has 8 nitrogen and oxygen atoms in total. The minimum absolute atomic E-state index is 0.144. The molecule has 2 heterocycles. The summed E-state index contributed by atoms with van der Waals surface area (Å²) >= 11 is 0. The van der Waals surface area contributed by atoms with Crippen molar-refractivity contribution in [3.63, 3.8) is 0 Å². The second kappa shape index (κ2) is 7.03. The summed E-state index contributed by atoms with van der Waals surface area (Å²) in [5, 5.41) is 12.0. The number of nitro benzene ring substituents is 1. The zero-order valence-electron chi connectivity index (χ0n) is 14.7. The minimum atomic E-state index is -0.967. The normalized spacial score (nSPS) is 13.5. The molecular weight excluding hydrogens is 365 g/mol. The largest absolute Gasteiger partial charge is 0.494 e. The average molecular weight is 379 g/mol. The van der Waals surface area contributed by atoms with E-state index < -0.39 is 16.4 Å². The average Bonchev–Trinajstić information content (AvgIpc) is 2.73. The monoisotopic (exact) mass is 379 g/mol. The Balaban J connectivity index is 1.64. The van der Waals surface area contributed by atoms with Crippen LogP contribution in [0.4, 0.5) is 15.8 Å². The van der Waals surface area contributed by atoms with E-state index in [1.54, 1.807) is 11.1 Å². The zero-order valence-corrected chi connectivity index (χ0v) is 14.7. The number of hydrogen-bond donors (Lipinski definition) is 0. The number of nitrogens with zero attached hydrogens (tertiary/aromatic N) is 5. The first-order valence-corrected chi connectivity index (χ1v) is 8.29. The lowest BCUT2D eigenvalue weighted by Gasteiger charge is -2.23. The lowest BCUT2D eigenvalue weighted by molar-refractivity contribution is -0.387. The molecule has 0 fully saturated rings. The molecule has 3 aromatic rings. The summed E-state index contributed by atoms with van der Waals surface area (Å²) in [6.07, 6.45) is 3.18. The number of halogens is 1. The van der Waals surface area contributed by atoms with Gasteiger partial charge in [-0.25, -0.2) is 9.98 Å². The summed E-state index contributed by atoms with van der Waals surface area (Å²) in [6.45, 7) is 0.144. The predicted molar refractivity (Wildman–Crippen MR) is 104 cm³/mol. The Morgan fingerprint density at radius 1 is 1.25 bits per heavy atom. The molecule has 0 unspecified atom stereocenters. The number of ether oxygens (including phenoxy) is 1. The third kappa shape index (κ3) is 3.13. The molecule has 0 aliphatic carbocycles. The van der Waals surface area contributed by atoms with Crippen molar-refractivity contribution in [2.75, 3.05) is 18.7 Å². The summed E-state index contributed by atoms with van der Waals surface area (Å²) in [5.74, 6) is -0.323. The van der Waals surface area contributed by atoms with Crippen molar-refractivity contribution in [1.29, 1.82) is 0 Å². The Labute approximate surface area is 158 Å². The molecule has 0 bridgehead atoms. The van der Waals surface area contributed by atoms with E-state index in [4.69, 9.17) is 4.74 Å². The lowest BCUT2D eigenvalue weighted by Crippen LogP contribution is -2.27. The molecule has 0 N–H and O–H groups in total. The minimum Gasteiger partial charge on any atom is -0.494 e. The third-order valence-electron chi connectivity index (χ3n) is 4.30. The summed E-state index contributed by atoms with van der Waals surface area (Å²) in [5.41, 5.74) is 1.29. The molecule has 4 rings (SSSR count). The number of aromatic nitrogens is 1. The first-order chi connectivity index (χ1) is 13.6. The smallest absolute Gasteiger partial charge is 0.307 e. The molecule has 2 aromatic carbocycles. The lowest BCUT2D eigenvalue weighted by atomic mass is 10.1. The Kier molecular flexibility index (Phi) is 4.40. The van der Waals surface area contributed by atoms with Gasteiger partial charge in [-0.15, -0.1) is 0 Å². The SMILES string of the molecule is COc1cc(F)c([N+](=O)[O-])cc1N1C=NC(c2cnc3ccccc3c2)=NC1. The Morgan fingerprint density at radius 3 is 2.79 bits per heavy atom. The van der Waals surface area contributed by atoms with Crippen LogP contribution in [0.5, 0.6) is 5.75 Å². The van der Waals surface area contributed by atoms with Gasteiger partial charge in [-0.1, -0.05) is 18.2 Å². The van der Waals surface area contributed by atoms with Crippen molar-refractivity contribution in [2.24, 2.45) is 9.98 Å². The highest BCUT2D eigenvalue weighted by atomic mass is 19.1. The zero-order chi connectivity index (χ0) is 19.7. The van der Waals surface area contributed by atoms with Crippen molar-refractivity contribution >= 4 is 34.5 Å². The van der Waals surface area contributed by atoms with E-state index >= 15 is 0 Å². The number of rotatable bonds is 4. The van der Waals surface area contributed by atoms with E-state index in [9.17, 15) is 14.5 Å². The van der Waals surface area contributed by atoms with Gasteiger partial charge in [-0.2, -0.15) is 4.39 Å². The number of para-hydroxylation sites is 1. The molecule has 0 radical (unpaired) electrons. The molecule has 1 aliphatic heterocycles. The highest BCUT2D eigenvalue weighted by molar-refractivity contribution is 6.07. The number of methoxy groups -OCH3 is 1. The van der Waals surface area contributed by atoms with E-state index in [0.717, 1.165) is 28.6 Å². The number of nitro groups is 1. The molecule has 0 saturated heterocycles. The number of anilines is 1. The number of pyridine rings is 1. The molecule has 0 saturated carbocycles. The fourth-order valence-electron chi connectivity index (χ4n) is 2.90. The maximum atomic E-state index is 13.8. The Bertz CT molecular complexity index is 1150. The number of fused-ring (bicyclic) bond motifs is 1. The van der Waals surface area contributed by atoms with E-state index in [1.807, 2.05) is 30.3 Å². The molecule has 0 spiro atoms. The molecule has 28 heavy (non-hydrogen) atoms. The molecule has 1 aromatic heterocycles. The van der Waals surface area contributed by atoms with Crippen LogP contribution in [0.2, 0.25) is 0 Å². The maximum Gasteiger partial charge on any atom is 0.307 e. The fourth-order valence-corrected chi connectivity index (χ4v) is 2.90.